The number of ketones is 1. The smallest absolute Gasteiger partial charge is 0.254 e. The molecule has 1 aliphatic heterocycles. The SMILES string of the molecule is CC(=O)CC1CCCN1C(=O)c1cc(C)cc(C)c1. The summed E-state index contributed by atoms with van der Waals surface area (Å²) in [6, 6.07) is 6.01. The minimum absolute atomic E-state index is 0.0653. The molecule has 0 N–H and O–H groups in total. The van der Waals surface area contributed by atoms with Crippen LogP contribution in [0.3, 0.4) is 0 Å². The highest BCUT2D eigenvalue weighted by molar-refractivity contribution is 5.95. The first-order chi connectivity index (χ1) is 8.97. The van der Waals surface area contributed by atoms with Crippen LogP contribution < -0.4 is 0 Å². The largest absolute Gasteiger partial charge is 0.335 e. The molecule has 102 valence electrons. The lowest BCUT2D eigenvalue weighted by molar-refractivity contribution is -0.117. The van der Waals surface area contributed by atoms with E-state index in [9.17, 15) is 9.59 Å². The van der Waals surface area contributed by atoms with Crippen LogP contribution in [-0.2, 0) is 4.79 Å². The number of carbonyl (C=O) groups excluding carboxylic acids is 2. The van der Waals surface area contributed by atoms with E-state index in [2.05, 4.69) is 6.07 Å². The predicted octanol–water partition coefficient (Wildman–Crippen LogP) is 2.89. The van der Waals surface area contributed by atoms with Crippen LogP contribution in [0.4, 0.5) is 0 Å². The van der Waals surface area contributed by atoms with E-state index in [1.54, 1.807) is 6.92 Å². The lowest BCUT2D eigenvalue weighted by Gasteiger charge is -2.24. The maximum Gasteiger partial charge on any atom is 0.254 e. The van der Waals surface area contributed by atoms with Crippen LogP contribution in [0.5, 0.6) is 0 Å². The van der Waals surface area contributed by atoms with E-state index in [0.29, 0.717) is 6.42 Å². The molecule has 0 saturated carbocycles. The standard InChI is InChI=1S/C16H21NO2/c1-11-7-12(2)9-14(8-11)16(19)17-6-4-5-15(17)10-13(3)18/h7-9,15H,4-6,10H2,1-3H3. The van der Waals surface area contributed by atoms with Crippen molar-refractivity contribution in [3.8, 4) is 0 Å². The van der Waals surface area contributed by atoms with Gasteiger partial charge in [0.1, 0.15) is 5.78 Å². The van der Waals surface area contributed by atoms with Crippen molar-refractivity contribution in [1.29, 1.82) is 0 Å². The van der Waals surface area contributed by atoms with Gasteiger partial charge in [-0.15, -0.1) is 0 Å². The first-order valence-corrected chi connectivity index (χ1v) is 6.86. The summed E-state index contributed by atoms with van der Waals surface area (Å²) in [5.41, 5.74) is 2.95. The van der Waals surface area contributed by atoms with Gasteiger partial charge in [-0.2, -0.15) is 0 Å². The summed E-state index contributed by atoms with van der Waals surface area (Å²) in [7, 11) is 0. The van der Waals surface area contributed by atoms with Crippen molar-refractivity contribution in [2.75, 3.05) is 6.54 Å². The van der Waals surface area contributed by atoms with Crippen LogP contribution in [0, 0.1) is 13.8 Å². The van der Waals surface area contributed by atoms with Gasteiger partial charge in [0.15, 0.2) is 0 Å². The average molecular weight is 259 g/mol. The Morgan fingerprint density at radius 3 is 2.42 bits per heavy atom. The van der Waals surface area contributed by atoms with Gasteiger partial charge in [0, 0.05) is 24.6 Å². The van der Waals surface area contributed by atoms with E-state index in [1.165, 1.54) is 0 Å². The Hall–Kier alpha value is -1.64. The molecule has 0 aromatic heterocycles. The van der Waals surface area contributed by atoms with E-state index >= 15 is 0 Å². The summed E-state index contributed by atoms with van der Waals surface area (Å²) in [6.45, 7) is 6.36. The molecule has 0 bridgehead atoms. The maximum atomic E-state index is 12.6. The molecule has 0 spiro atoms. The van der Waals surface area contributed by atoms with Gasteiger partial charge >= 0.3 is 0 Å². The zero-order valence-corrected chi connectivity index (χ0v) is 11.9. The molecule has 1 heterocycles. The molecular weight excluding hydrogens is 238 g/mol. The average Bonchev–Trinajstić information content (AvgIpc) is 2.73. The van der Waals surface area contributed by atoms with Crippen molar-refractivity contribution in [1.82, 2.24) is 4.90 Å². The number of nitrogens with zero attached hydrogens (tertiary/aromatic N) is 1. The van der Waals surface area contributed by atoms with Crippen molar-refractivity contribution in [3.05, 3.63) is 34.9 Å². The van der Waals surface area contributed by atoms with Crippen LogP contribution in [0.1, 0.15) is 47.7 Å². The lowest BCUT2D eigenvalue weighted by atomic mass is 10.0. The first-order valence-electron chi connectivity index (χ1n) is 6.86. The van der Waals surface area contributed by atoms with Crippen LogP contribution in [0.25, 0.3) is 0 Å². The molecule has 0 radical (unpaired) electrons. The molecule has 1 aromatic rings. The van der Waals surface area contributed by atoms with Gasteiger partial charge in [-0.1, -0.05) is 17.2 Å². The fourth-order valence-corrected chi connectivity index (χ4v) is 2.91. The molecule has 1 fully saturated rings. The molecule has 1 aliphatic rings. The molecule has 1 atom stereocenters. The van der Waals surface area contributed by atoms with Crippen LogP contribution in [-0.4, -0.2) is 29.2 Å². The van der Waals surface area contributed by atoms with Gasteiger partial charge in [-0.3, -0.25) is 9.59 Å². The van der Waals surface area contributed by atoms with Crippen molar-refractivity contribution in [2.45, 2.75) is 46.1 Å². The summed E-state index contributed by atoms with van der Waals surface area (Å²) in [6.07, 6.45) is 2.42. The Morgan fingerprint density at radius 2 is 1.84 bits per heavy atom. The Kier molecular flexibility index (Phi) is 4.03. The summed E-state index contributed by atoms with van der Waals surface area (Å²) in [5.74, 6) is 0.223. The molecule has 2 rings (SSSR count). The Balaban J connectivity index is 2.20. The fraction of sp³-hybridized carbons (Fsp3) is 0.500. The van der Waals surface area contributed by atoms with Crippen LogP contribution in [0.2, 0.25) is 0 Å². The fourth-order valence-electron chi connectivity index (χ4n) is 2.91. The summed E-state index contributed by atoms with van der Waals surface area (Å²) in [5, 5.41) is 0. The Bertz CT molecular complexity index is 487. The lowest BCUT2D eigenvalue weighted by Crippen LogP contribution is -2.36. The molecule has 1 unspecified atom stereocenters. The Labute approximate surface area is 114 Å². The number of amides is 1. The van der Waals surface area contributed by atoms with Crippen molar-refractivity contribution in [3.63, 3.8) is 0 Å². The third kappa shape index (κ3) is 3.22. The second-order valence-electron chi connectivity index (χ2n) is 5.58. The normalized spacial score (nSPS) is 18.7. The molecule has 1 aromatic carbocycles. The molecule has 3 nitrogen and oxygen atoms in total. The van der Waals surface area contributed by atoms with Crippen LogP contribution >= 0.6 is 0 Å². The third-order valence-electron chi connectivity index (χ3n) is 3.63. The van der Waals surface area contributed by atoms with E-state index in [4.69, 9.17) is 0 Å². The summed E-state index contributed by atoms with van der Waals surface area (Å²) < 4.78 is 0. The van der Waals surface area contributed by atoms with E-state index in [-0.39, 0.29) is 17.7 Å². The summed E-state index contributed by atoms with van der Waals surface area (Å²) >= 11 is 0. The zero-order valence-electron chi connectivity index (χ0n) is 11.9. The molecule has 1 amide bonds. The maximum absolute atomic E-state index is 12.6. The quantitative estimate of drug-likeness (QED) is 0.837. The topological polar surface area (TPSA) is 37.4 Å². The van der Waals surface area contributed by atoms with Gasteiger partial charge in [-0.25, -0.2) is 0 Å². The van der Waals surface area contributed by atoms with Gasteiger partial charge in [0.25, 0.3) is 5.91 Å². The summed E-state index contributed by atoms with van der Waals surface area (Å²) in [4.78, 5) is 25.7. The number of Topliss-reactive ketones (excluding diaryl/α,β-unsaturated/α-hetero) is 1. The number of carbonyl (C=O) groups is 2. The van der Waals surface area contributed by atoms with Crippen molar-refractivity contribution in [2.24, 2.45) is 0 Å². The number of hydrogen-bond acceptors (Lipinski definition) is 2. The van der Waals surface area contributed by atoms with Gasteiger partial charge < -0.3 is 4.90 Å². The second kappa shape index (κ2) is 5.55. The van der Waals surface area contributed by atoms with Crippen molar-refractivity contribution >= 4 is 11.7 Å². The minimum Gasteiger partial charge on any atom is -0.335 e. The number of aryl methyl sites for hydroxylation is 2. The van der Waals surface area contributed by atoms with Gasteiger partial charge in [0.2, 0.25) is 0 Å². The molecule has 0 aliphatic carbocycles. The number of likely N-dealkylation sites (tertiary alicyclic amines) is 1. The second-order valence-corrected chi connectivity index (χ2v) is 5.58. The minimum atomic E-state index is 0.0653. The third-order valence-corrected chi connectivity index (χ3v) is 3.63. The predicted molar refractivity (Wildman–Crippen MR) is 75.3 cm³/mol. The van der Waals surface area contributed by atoms with Gasteiger partial charge in [-0.05, 0) is 45.7 Å². The Morgan fingerprint density at radius 1 is 1.21 bits per heavy atom. The number of rotatable bonds is 3. The van der Waals surface area contributed by atoms with E-state index in [0.717, 1.165) is 36.1 Å². The number of hydrogen-bond donors (Lipinski definition) is 0. The highest BCUT2D eigenvalue weighted by Crippen LogP contribution is 2.23. The number of benzene rings is 1. The first kappa shape index (κ1) is 13.8. The highest BCUT2D eigenvalue weighted by Gasteiger charge is 2.30. The molecule has 19 heavy (non-hydrogen) atoms. The van der Waals surface area contributed by atoms with E-state index < -0.39 is 0 Å². The zero-order chi connectivity index (χ0) is 14.0. The molecule has 3 heteroatoms. The van der Waals surface area contributed by atoms with Crippen molar-refractivity contribution < 1.29 is 9.59 Å². The van der Waals surface area contributed by atoms with E-state index in [1.807, 2.05) is 30.9 Å². The molecular formula is C16H21NO2. The monoisotopic (exact) mass is 259 g/mol. The van der Waals surface area contributed by atoms with Gasteiger partial charge in [0.05, 0.1) is 0 Å². The molecule has 1 saturated heterocycles. The van der Waals surface area contributed by atoms with Crippen LogP contribution in [0.15, 0.2) is 18.2 Å². The highest BCUT2D eigenvalue weighted by atomic mass is 16.2.